The molecule has 3 aromatic carbocycles. The molecule has 0 saturated heterocycles. The van der Waals surface area contributed by atoms with Crippen LogP contribution in [0.25, 0.3) is 21.5 Å². The van der Waals surface area contributed by atoms with Gasteiger partial charge in [-0.25, -0.2) is 0 Å². The highest BCUT2D eigenvalue weighted by Crippen LogP contribution is 2.26. The first kappa shape index (κ1) is 12.2. The fourth-order valence-corrected chi connectivity index (χ4v) is 2.45. The minimum Gasteiger partial charge on any atom is -0.387 e. The van der Waals surface area contributed by atoms with Crippen molar-refractivity contribution in [2.75, 3.05) is 0 Å². The van der Waals surface area contributed by atoms with Crippen LogP contribution in [0.15, 0.2) is 54.6 Å². The standard InChI is InChI=1S/C17H17NO/c1-11(18)17(19)15-7-6-14-8-12-4-2-3-5-13(12)9-16(14)10-15/h2-11,17,19H,18H2,1H3/t11-,17-/m1/s1. The molecule has 0 unspecified atom stereocenters. The summed E-state index contributed by atoms with van der Waals surface area (Å²) in [6.07, 6.45) is -0.615. The molecule has 0 heterocycles. The van der Waals surface area contributed by atoms with E-state index in [1.54, 1.807) is 0 Å². The molecule has 3 aromatic rings. The summed E-state index contributed by atoms with van der Waals surface area (Å²) >= 11 is 0. The predicted molar refractivity (Wildman–Crippen MR) is 80.1 cm³/mol. The molecule has 0 radical (unpaired) electrons. The minimum absolute atomic E-state index is 0.266. The first-order chi connectivity index (χ1) is 9.15. The molecule has 3 N–H and O–H groups in total. The van der Waals surface area contributed by atoms with E-state index in [2.05, 4.69) is 24.3 Å². The molecule has 0 aliphatic carbocycles. The highest BCUT2D eigenvalue weighted by Gasteiger charge is 2.12. The average molecular weight is 251 g/mol. The molecule has 96 valence electrons. The summed E-state index contributed by atoms with van der Waals surface area (Å²) < 4.78 is 0. The third-order valence-electron chi connectivity index (χ3n) is 3.57. The van der Waals surface area contributed by atoms with Crippen molar-refractivity contribution in [2.24, 2.45) is 5.73 Å². The van der Waals surface area contributed by atoms with Crippen molar-refractivity contribution in [3.05, 3.63) is 60.2 Å². The second kappa shape index (κ2) is 4.65. The van der Waals surface area contributed by atoms with Crippen molar-refractivity contribution < 1.29 is 5.11 Å². The van der Waals surface area contributed by atoms with E-state index in [4.69, 9.17) is 5.73 Å². The van der Waals surface area contributed by atoms with Crippen LogP contribution in [0.3, 0.4) is 0 Å². The topological polar surface area (TPSA) is 46.2 Å². The number of hydrogen-bond donors (Lipinski definition) is 2. The third-order valence-corrected chi connectivity index (χ3v) is 3.57. The molecule has 0 aromatic heterocycles. The van der Waals surface area contributed by atoms with E-state index in [-0.39, 0.29) is 6.04 Å². The Balaban J connectivity index is 2.19. The fraction of sp³-hybridized carbons (Fsp3) is 0.176. The first-order valence-corrected chi connectivity index (χ1v) is 6.51. The number of rotatable bonds is 2. The van der Waals surface area contributed by atoms with E-state index in [0.29, 0.717) is 0 Å². The number of fused-ring (bicyclic) bond motifs is 2. The number of aliphatic hydroxyl groups is 1. The monoisotopic (exact) mass is 251 g/mol. The zero-order valence-electron chi connectivity index (χ0n) is 10.9. The van der Waals surface area contributed by atoms with Crippen LogP contribution in [-0.4, -0.2) is 11.1 Å². The molecule has 0 fully saturated rings. The summed E-state index contributed by atoms with van der Waals surface area (Å²) in [5, 5.41) is 14.8. The Morgan fingerprint density at radius 1 is 0.842 bits per heavy atom. The lowest BCUT2D eigenvalue weighted by atomic mass is 9.98. The molecule has 3 rings (SSSR count). The Morgan fingerprint density at radius 2 is 1.42 bits per heavy atom. The van der Waals surface area contributed by atoms with Gasteiger partial charge in [-0.3, -0.25) is 0 Å². The molecule has 0 aliphatic heterocycles. The molecular weight excluding hydrogens is 234 g/mol. The Morgan fingerprint density at radius 3 is 2.05 bits per heavy atom. The predicted octanol–water partition coefficient (Wildman–Crippen LogP) is 3.37. The maximum absolute atomic E-state index is 10.0. The SMILES string of the molecule is C[C@@H](N)[C@@H](O)c1ccc2cc3ccccc3cc2c1. The van der Waals surface area contributed by atoms with Crippen molar-refractivity contribution >= 4 is 21.5 Å². The Hall–Kier alpha value is -1.90. The maximum atomic E-state index is 10.0. The summed E-state index contributed by atoms with van der Waals surface area (Å²) in [5.74, 6) is 0. The molecule has 2 atom stereocenters. The molecule has 2 heteroatoms. The molecule has 0 aliphatic rings. The van der Waals surface area contributed by atoms with Crippen LogP contribution in [0.4, 0.5) is 0 Å². The van der Waals surface area contributed by atoms with Gasteiger partial charge in [0.2, 0.25) is 0 Å². The normalized spacial score (nSPS) is 14.7. The number of nitrogens with two attached hydrogens (primary N) is 1. The summed E-state index contributed by atoms with van der Waals surface area (Å²) in [4.78, 5) is 0. The third kappa shape index (κ3) is 2.21. The Kier molecular flexibility index (Phi) is 2.97. The summed E-state index contributed by atoms with van der Waals surface area (Å²) in [6.45, 7) is 1.81. The van der Waals surface area contributed by atoms with Gasteiger partial charge in [-0.1, -0.05) is 36.4 Å². The second-order valence-electron chi connectivity index (χ2n) is 5.11. The van der Waals surface area contributed by atoms with Crippen LogP contribution >= 0.6 is 0 Å². The zero-order valence-corrected chi connectivity index (χ0v) is 10.9. The van der Waals surface area contributed by atoms with Crippen LogP contribution < -0.4 is 5.73 Å². The lowest BCUT2D eigenvalue weighted by Crippen LogP contribution is -2.24. The number of benzene rings is 3. The van der Waals surface area contributed by atoms with Crippen molar-refractivity contribution in [3.63, 3.8) is 0 Å². The largest absolute Gasteiger partial charge is 0.387 e. The van der Waals surface area contributed by atoms with Gasteiger partial charge in [-0.15, -0.1) is 0 Å². The van der Waals surface area contributed by atoms with Crippen LogP contribution in [0, 0.1) is 0 Å². The molecule has 0 saturated carbocycles. The van der Waals surface area contributed by atoms with E-state index in [9.17, 15) is 5.11 Å². The molecule has 0 bridgehead atoms. The Labute approximate surface area is 112 Å². The van der Waals surface area contributed by atoms with Gasteiger partial charge in [0.05, 0.1) is 6.10 Å². The number of hydrogen-bond acceptors (Lipinski definition) is 2. The average Bonchev–Trinajstić information content (AvgIpc) is 2.43. The molecule has 0 spiro atoms. The van der Waals surface area contributed by atoms with Gasteiger partial charge >= 0.3 is 0 Å². The zero-order chi connectivity index (χ0) is 13.4. The van der Waals surface area contributed by atoms with Crippen LogP contribution in [0.5, 0.6) is 0 Å². The van der Waals surface area contributed by atoms with E-state index >= 15 is 0 Å². The lowest BCUT2D eigenvalue weighted by molar-refractivity contribution is 0.153. The van der Waals surface area contributed by atoms with Gasteiger partial charge in [-0.2, -0.15) is 0 Å². The smallest absolute Gasteiger partial charge is 0.0938 e. The number of aliphatic hydroxyl groups excluding tert-OH is 1. The van der Waals surface area contributed by atoms with E-state index in [1.165, 1.54) is 16.2 Å². The molecule has 2 nitrogen and oxygen atoms in total. The second-order valence-corrected chi connectivity index (χ2v) is 5.11. The van der Waals surface area contributed by atoms with Crippen LogP contribution in [-0.2, 0) is 0 Å². The first-order valence-electron chi connectivity index (χ1n) is 6.51. The molecule has 0 amide bonds. The quantitative estimate of drug-likeness (QED) is 0.686. The van der Waals surface area contributed by atoms with Crippen LogP contribution in [0.2, 0.25) is 0 Å². The maximum Gasteiger partial charge on any atom is 0.0938 e. The van der Waals surface area contributed by atoms with Crippen LogP contribution in [0.1, 0.15) is 18.6 Å². The van der Waals surface area contributed by atoms with Gasteiger partial charge in [-0.05, 0) is 52.2 Å². The van der Waals surface area contributed by atoms with Gasteiger partial charge in [0, 0.05) is 6.04 Å². The summed E-state index contributed by atoms with van der Waals surface area (Å²) in [7, 11) is 0. The van der Waals surface area contributed by atoms with Crippen molar-refractivity contribution in [1.82, 2.24) is 0 Å². The van der Waals surface area contributed by atoms with Gasteiger partial charge in [0.25, 0.3) is 0 Å². The van der Waals surface area contributed by atoms with Crippen molar-refractivity contribution in [3.8, 4) is 0 Å². The van der Waals surface area contributed by atoms with E-state index in [0.717, 1.165) is 10.9 Å². The molecule has 19 heavy (non-hydrogen) atoms. The van der Waals surface area contributed by atoms with Crippen molar-refractivity contribution in [2.45, 2.75) is 19.1 Å². The highest BCUT2D eigenvalue weighted by molar-refractivity contribution is 5.98. The summed E-state index contributed by atoms with van der Waals surface area (Å²) in [6, 6.07) is 18.4. The van der Waals surface area contributed by atoms with E-state index in [1.807, 2.05) is 37.3 Å². The fourth-order valence-electron chi connectivity index (χ4n) is 2.45. The van der Waals surface area contributed by atoms with Gasteiger partial charge < -0.3 is 10.8 Å². The summed E-state index contributed by atoms with van der Waals surface area (Å²) in [5.41, 5.74) is 6.63. The highest BCUT2D eigenvalue weighted by atomic mass is 16.3. The van der Waals surface area contributed by atoms with Crippen molar-refractivity contribution in [1.29, 1.82) is 0 Å². The Bertz CT molecular complexity index is 733. The van der Waals surface area contributed by atoms with E-state index < -0.39 is 6.10 Å². The minimum atomic E-state index is -0.615. The molecular formula is C17H17NO. The lowest BCUT2D eigenvalue weighted by Gasteiger charge is -2.15. The van der Waals surface area contributed by atoms with Gasteiger partial charge in [0.1, 0.15) is 0 Å². The van der Waals surface area contributed by atoms with Gasteiger partial charge in [0.15, 0.2) is 0 Å².